The number of rotatable bonds is 7. The first-order chi connectivity index (χ1) is 7.76. The molecule has 16 heavy (non-hydrogen) atoms. The molecule has 1 atom stereocenters. The topological polar surface area (TPSA) is 21.3 Å². The van der Waals surface area contributed by atoms with Gasteiger partial charge in [-0.05, 0) is 60.2 Å². The Morgan fingerprint density at radius 2 is 2.19 bits per heavy atom. The maximum absolute atomic E-state index is 5.92. The summed E-state index contributed by atoms with van der Waals surface area (Å²) in [6, 6.07) is 8.20. The van der Waals surface area contributed by atoms with E-state index in [1.807, 2.05) is 12.1 Å². The molecule has 0 aliphatic carbocycles. The zero-order valence-corrected chi connectivity index (χ0v) is 12.2. The van der Waals surface area contributed by atoms with Gasteiger partial charge in [-0.2, -0.15) is 0 Å². The molecular weight excluding hydrogens is 313 g/mol. The van der Waals surface area contributed by atoms with Crippen molar-refractivity contribution in [3.63, 3.8) is 0 Å². The second-order valence-corrected chi connectivity index (χ2v) is 5.06. The first kappa shape index (κ1) is 13.8. The molecule has 2 nitrogen and oxygen atoms in total. The molecule has 1 N–H and O–H groups in total. The van der Waals surface area contributed by atoms with Crippen LogP contribution in [0.4, 0.5) is 0 Å². The average molecular weight is 333 g/mol. The molecular formula is C13H20INO. The monoisotopic (exact) mass is 333 g/mol. The van der Waals surface area contributed by atoms with Crippen LogP contribution >= 0.6 is 22.6 Å². The van der Waals surface area contributed by atoms with E-state index in [1.54, 1.807) is 0 Å². The van der Waals surface area contributed by atoms with Crippen molar-refractivity contribution in [3.8, 4) is 5.75 Å². The molecule has 0 aliphatic heterocycles. The van der Waals surface area contributed by atoms with Gasteiger partial charge in [0.25, 0.3) is 0 Å². The molecule has 0 saturated carbocycles. The highest BCUT2D eigenvalue weighted by molar-refractivity contribution is 14.1. The standard InChI is InChI=1S/C13H20INO/c1-3-8-15-10-12(4-2)16-13-7-5-6-11(14)9-13/h5-7,9,12,15H,3-4,8,10H2,1-2H3. The van der Waals surface area contributed by atoms with Crippen LogP contribution in [0.15, 0.2) is 24.3 Å². The Morgan fingerprint density at radius 3 is 2.81 bits per heavy atom. The third-order valence-electron chi connectivity index (χ3n) is 2.35. The molecule has 0 heterocycles. The minimum Gasteiger partial charge on any atom is -0.489 e. The van der Waals surface area contributed by atoms with Gasteiger partial charge in [-0.1, -0.05) is 19.9 Å². The summed E-state index contributed by atoms with van der Waals surface area (Å²) in [5, 5.41) is 3.39. The van der Waals surface area contributed by atoms with Gasteiger partial charge in [-0.15, -0.1) is 0 Å². The van der Waals surface area contributed by atoms with E-state index in [0.29, 0.717) is 0 Å². The highest BCUT2D eigenvalue weighted by Crippen LogP contribution is 2.16. The molecule has 1 rings (SSSR count). The van der Waals surface area contributed by atoms with E-state index in [0.717, 1.165) is 25.3 Å². The summed E-state index contributed by atoms with van der Waals surface area (Å²) in [6.45, 7) is 6.32. The molecule has 0 radical (unpaired) electrons. The fourth-order valence-electron chi connectivity index (χ4n) is 1.44. The number of hydrogen-bond acceptors (Lipinski definition) is 2. The summed E-state index contributed by atoms with van der Waals surface area (Å²) in [4.78, 5) is 0. The van der Waals surface area contributed by atoms with Crippen LogP contribution in [0, 0.1) is 3.57 Å². The van der Waals surface area contributed by atoms with Crippen LogP contribution in [0.3, 0.4) is 0 Å². The second-order valence-electron chi connectivity index (χ2n) is 3.81. The van der Waals surface area contributed by atoms with Gasteiger partial charge >= 0.3 is 0 Å². The largest absolute Gasteiger partial charge is 0.489 e. The summed E-state index contributed by atoms with van der Waals surface area (Å²) in [5.74, 6) is 0.969. The summed E-state index contributed by atoms with van der Waals surface area (Å²) < 4.78 is 7.14. The van der Waals surface area contributed by atoms with Crippen LogP contribution in [0.2, 0.25) is 0 Å². The SMILES string of the molecule is CCCNCC(CC)Oc1cccc(I)c1. The second kappa shape index (κ2) is 7.90. The van der Waals surface area contributed by atoms with E-state index in [-0.39, 0.29) is 6.10 Å². The van der Waals surface area contributed by atoms with Crippen LogP contribution in [-0.2, 0) is 0 Å². The summed E-state index contributed by atoms with van der Waals surface area (Å²) >= 11 is 2.30. The zero-order valence-electron chi connectivity index (χ0n) is 10.0. The lowest BCUT2D eigenvalue weighted by molar-refractivity contribution is 0.193. The van der Waals surface area contributed by atoms with Gasteiger partial charge in [0.15, 0.2) is 0 Å². The van der Waals surface area contributed by atoms with E-state index in [1.165, 1.54) is 9.99 Å². The van der Waals surface area contributed by atoms with E-state index < -0.39 is 0 Å². The zero-order chi connectivity index (χ0) is 11.8. The first-order valence-corrected chi connectivity index (χ1v) is 6.97. The van der Waals surface area contributed by atoms with Crippen LogP contribution in [0.1, 0.15) is 26.7 Å². The van der Waals surface area contributed by atoms with E-state index in [9.17, 15) is 0 Å². The Bertz CT molecular complexity index is 304. The van der Waals surface area contributed by atoms with Crippen molar-refractivity contribution in [2.45, 2.75) is 32.8 Å². The Balaban J connectivity index is 2.43. The van der Waals surface area contributed by atoms with Gasteiger partial charge in [0.2, 0.25) is 0 Å². The Hall–Kier alpha value is -0.290. The number of hydrogen-bond donors (Lipinski definition) is 1. The van der Waals surface area contributed by atoms with Gasteiger partial charge in [-0.3, -0.25) is 0 Å². The van der Waals surface area contributed by atoms with Gasteiger partial charge < -0.3 is 10.1 Å². The van der Waals surface area contributed by atoms with E-state index >= 15 is 0 Å². The molecule has 1 aromatic carbocycles. The fourth-order valence-corrected chi connectivity index (χ4v) is 1.96. The van der Waals surface area contributed by atoms with Gasteiger partial charge in [0, 0.05) is 10.1 Å². The lowest BCUT2D eigenvalue weighted by atomic mass is 10.2. The van der Waals surface area contributed by atoms with Crippen molar-refractivity contribution in [1.29, 1.82) is 0 Å². The number of halogens is 1. The van der Waals surface area contributed by atoms with Crippen LogP contribution in [0.5, 0.6) is 5.75 Å². The molecule has 0 aliphatic rings. The highest BCUT2D eigenvalue weighted by Gasteiger charge is 2.07. The predicted octanol–water partition coefficient (Wildman–Crippen LogP) is 3.45. The van der Waals surface area contributed by atoms with Gasteiger partial charge in [-0.25, -0.2) is 0 Å². The summed E-state index contributed by atoms with van der Waals surface area (Å²) in [7, 11) is 0. The van der Waals surface area contributed by atoms with Crippen molar-refractivity contribution < 1.29 is 4.74 Å². The fraction of sp³-hybridized carbons (Fsp3) is 0.538. The minimum absolute atomic E-state index is 0.268. The molecule has 3 heteroatoms. The lowest BCUT2D eigenvalue weighted by Crippen LogP contribution is -2.31. The Morgan fingerprint density at radius 1 is 1.38 bits per heavy atom. The Labute approximate surface area is 112 Å². The van der Waals surface area contributed by atoms with Crippen LogP contribution < -0.4 is 10.1 Å². The Kier molecular flexibility index (Phi) is 6.80. The lowest BCUT2D eigenvalue weighted by Gasteiger charge is -2.18. The molecule has 0 aromatic heterocycles. The van der Waals surface area contributed by atoms with Crippen LogP contribution in [0.25, 0.3) is 0 Å². The molecule has 0 amide bonds. The van der Waals surface area contributed by atoms with Crippen molar-refractivity contribution in [2.24, 2.45) is 0 Å². The number of nitrogens with one attached hydrogen (secondary N) is 1. The molecule has 0 bridgehead atoms. The van der Waals surface area contributed by atoms with Crippen molar-refractivity contribution in [3.05, 3.63) is 27.8 Å². The average Bonchev–Trinajstić information content (AvgIpc) is 2.28. The first-order valence-electron chi connectivity index (χ1n) is 5.89. The predicted molar refractivity (Wildman–Crippen MR) is 77.0 cm³/mol. The number of benzene rings is 1. The van der Waals surface area contributed by atoms with Crippen molar-refractivity contribution >= 4 is 22.6 Å². The minimum atomic E-state index is 0.268. The molecule has 0 saturated heterocycles. The smallest absolute Gasteiger partial charge is 0.120 e. The highest BCUT2D eigenvalue weighted by atomic mass is 127. The van der Waals surface area contributed by atoms with Crippen molar-refractivity contribution in [1.82, 2.24) is 5.32 Å². The third kappa shape index (κ3) is 5.16. The summed E-state index contributed by atoms with van der Waals surface area (Å²) in [5.41, 5.74) is 0. The normalized spacial score (nSPS) is 12.4. The third-order valence-corrected chi connectivity index (χ3v) is 3.02. The maximum atomic E-state index is 5.92. The molecule has 0 fully saturated rings. The quantitative estimate of drug-likeness (QED) is 0.610. The molecule has 1 unspecified atom stereocenters. The van der Waals surface area contributed by atoms with Gasteiger partial charge in [0.05, 0.1) is 0 Å². The van der Waals surface area contributed by atoms with Crippen molar-refractivity contribution in [2.75, 3.05) is 13.1 Å². The van der Waals surface area contributed by atoms with E-state index in [2.05, 4.69) is 53.9 Å². The molecule has 90 valence electrons. The van der Waals surface area contributed by atoms with Gasteiger partial charge in [0.1, 0.15) is 11.9 Å². The molecule has 1 aromatic rings. The van der Waals surface area contributed by atoms with Crippen LogP contribution in [-0.4, -0.2) is 19.2 Å². The summed E-state index contributed by atoms with van der Waals surface area (Å²) in [6.07, 6.45) is 2.46. The maximum Gasteiger partial charge on any atom is 0.120 e. The number of ether oxygens (including phenoxy) is 1. The van der Waals surface area contributed by atoms with E-state index in [4.69, 9.17) is 4.74 Å². The molecule has 0 spiro atoms.